The molecule has 0 spiro atoms. The van der Waals surface area contributed by atoms with Crippen LogP contribution in [0.2, 0.25) is 5.28 Å². The van der Waals surface area contributed by atoms with Gasteiger partial charge < -0.3 is 4.74 Å². The first kappa shape index (κ1) is 11.9. The minimum atomic E-state index is 0.242. The van der Waals surface area contributed by atoms with Crippen LogP contribution in [0.4, 0.5) is 0 Å². The highest BCUT2D eigenvalue weighted by Gasteiger charge is 2.08. The second-order valence-corrected chi connectivity index (χ2v) is 3.98. The Bertz CT molecular complexity index is 529. The zero-order valence-corrected chi connectivity index (χ0v) is 10.5. The molecule has 88 valence electrons. The van der Waals surface area contributed by atoms with Gasteiger partial charge in [0.05, 0.1) is 12.3 Å². The van der Waals surface area contributed by atoms with E-state index in [1.54, 1.807) is 6.20 Å². The zero-order chi connectivity index (χ0) is 12.3. The minimum Gasteiger partial charge on any atom is -0.493 e. The highest BCUT2D eigenvalue weighted by atomic mass is 35.5. The lowest BCUT2D eigenvalue weighted by Gasteiger charge is -2.10. The molecule has 0 N–H and O–H groups in total. The van der Waals surface area contributed by atoms with Crippen LogP contribution in [0.5, 0.6) is 5.75 Å². The molecule has 1 aromatic carbocycles. The first-order chi connectivity index (χ1) is 8.20. The summed E-state index contributed by atoms with van der Waals surface area (Å²) in [4.78, 5) is 8.08. The van der Waals surface area contributed by atoms with E-state index in [0.717, 1.165) is 22.6 Å². The first-order valence-electron chi connectivity index (χ1n) is 5.43. The number of aryl methyl sites for hydroxylation is 1. The molecule has 0 radical (unpaired) electrons. The second kappa shape index (κ2) is 5.15. The molecule has 4 heteroatoms. The summed E-state index contributed by atoms with van der Waals surface area (Å²) in [7, 11) is 0. The van der Waals surface area contributed by atoms with Crippen LogP contribution in [0.25, 0.3) is 11.3 Å². The number of hydrogen-bond donors (Lipinski definition) is 0. The third-order valence-electron chi connectivity index (χ3n) is 2.34. The SMILES string of the molecule is CCOc1ccc(C)cc1-c1ccnc(Cl)n1. The van der Waals surface area contributed by atoms with E-state index in [2.05, 4.69) is 9.97 Å². The Morgan fingerprint density at radius 1 is 1.29 bits per heavy atom. The van der Waals surface area contributed by atoms with Gasteiger partial charge in [-0.25, -0.2) is 9.97 Å². The molecule has 17 heavy (non-hydrogen) atoms. The molecule has 0 aliphatic heterocycles. The summed E-state index contributed by atoms with van der Waals surface area (Å²) < 4.78 is 5.58. The van der Waals surface area contributed by atoms with Crippen molar-refractivity contribution in [1.29, 1.82) is 0 Å². The van der Waals surface area contributed by atoms with Gasteiger partial charge in [-0.2, -0.15) is 0 Å². The van der Waals surface area contributed by atoms with Gasteiger partial charge in [-0.3, -0.25) is 0 Å². The fraction of sp³-hybridized carbons (Fsp3) is 0.231. The van der Waals surface area contributed by atoms with Crippen LogP contribution in [-0.4, -0.2) is 16.6 Å². The molecule has 0 saturated heterocycles. The fourth-order valence-electron chi connectivity index (χ4n) is 1.61. The Morgan fingerprint density at radius 3 is 2.82 bits per heavy atom. The van der Waals surface area contributed by atoms with Crippen molar-refractivity contribution >= 4 is 11.6 Å². The number of ether oxygens (including phenoxy) is 1. The number of hydrogen-bond acceptors (Lipinski definition) is 3. The van der Waals surface area contributed by atoms with Crippen molar-refractivity contribution in [2.45, 2.75) is 13.8 Å². The number of rotatable bonds is 3. The van der Waals surface area contributed by atoms with E-state index >= 15 is 0 Å². The normalized spacial score (nSPS) is 10.3. The van der Waals surface area contributed by atoms with Crippen LogP contribution in [0.15, 0.2) is 30.5 Å². The Labute approximate surface area is 105 Å². The predicted molar refractivity (Wildman–Crippen MR) is 68.4 cm³/mol. The summed E-state index contributed by atoms with van der Waals surface area (Å²) in [5.41, 5.74) is 2.87. The van der Waals surface area contributed by atoms with E-state index in [0.29, 0.717) is 6.61 Å². The van der Waals surface area contributed by atoms with Gasteiger partial charge in [-0.1, -0.05) is 11.6 Å². The molecule has 0 bridgehead atoms. The largest absolute Gasteiger partial charge is 0.493 e. The number of nitrogens with zero attached hydrogens (tertiary/aromatic N) is 2. The van der Waals surface area contributed by atoms with Gasteiger partial charge in [0, 0.05) is 11.8 Å². The smallest absolute Gasteiger partial charge is 0.222 e. The van der Waals surface area contributed by atoms with E-state index in [1.165, 1.54) is 0 Å². The monoisotopic (exact) mass is 248 g/mol. The molecular weight excluding hydrogens is 236 g/mol. The van der Waals surface area contributed by atoms with Crippen molar-refractivity contribution in [2.24, 2.45) is 0 Å². The first-order valence-corrected chi connectivity index (χ1v) is 5.81. The van der Waals surface area contributed by atoms with Crippen LogP contribution < -0.4 is 4.74 Å². The summed E-state index contributed by atoms with van der Waals surface area (Å²) in [6, 6.07) is 7.81. The lowest BCUT2D eigenvalue weighted by atomic mass is 10.1. The van der Waals surface area contributed by atoms with Crippen molar-refractivity contribution in [1.82, 2.24) is 9.97 Å². The van der Waals surface area contributed by atoms with Crippen molar-refractivity contribution < 1.29 is 4.74 Å². The molecule has 0 amide bonds. The minimum absolute atomic E-state index is 0.242. The number of halogens is 1. The lowest BCUT2D eigenvalue weighted by Crippen LogP contribution is -1.96. The average molecular weight is 249 g/mol. The van der Waals surface area contributed by atoms with Gasteiger partial charge in [-0.05, 0) is 43.6 Å². The molecule has 0 aliphatic carbocycles. The Morgan fingerprint density at radius 2 is 2.12 bits per heavy atom. The average Bonchev–Trinajstić information content (AvgIpc) is 2.32. The lowest BCUT2D eigenvalue weighted by molar-refractivity contribution is 0.341. The maximum atomic E-state index is 5.80. The van der Waals surface area contributed by atoms with E-state index in [9.17, 15) is 0 Å². The summed E-state index contributed by atoms with van der Waals surface area (Å²) in [6.07, 6.45) is 1.64. The van der Waals surface area contributed by atoms with Crippen LogP contribution in [0, 0.1) is 6.92 Å². The fourth-order valence-corrected chi connectivity index (χ4v) is 1.76. The molecule has 0 saturated carbocycles. The van der Waals surface area contributed by atoms with E-state index in [-0.39, 0.29) is 5.28 Å². The molecule has 2 aromatic rings. The van der Waals surface area contributed by atoms with Crippen LogP contribution in [-0.2, 0) is 0 Å². The molecule has 0 atom stereocenters. The number of benzene rings is 1. The molecular formula is C13H13ClN2O. The van der Waals surface area contributed by atoms with Crippen molar-refractivity contribution in [2.75, 3.05) is 6.61 Å². The highest BCUT2D eigenvalue weighted by molar-refractivity contribution is 6.28. The standard InChI is InChI=1S/C13H13ClN2O/c1-3-17-12-5-4-9(2)8-10(12)11-6-7-15-13(14)16-11/h4-8H,3H2,1-2H3. The summed E-state index contributed by atoms with van der Waals surface area (Å²) in [5, 5.41) is 0.242. The maximum absolute atomic E-state index is 5.80. The quantitative estimate of drug-likeness (QED) is 0.780. The van der Waals surface area contributed by atoms with Gasteiger partial charge in [-0.15, -0.1) is 0 Å². The Hall–Kier alpha value is -1.61. The molecule has 3 nitrogen and oxygen atoms in total. The summed E-state index contributed by atoms with van der Waals surface area (Å²) >= 11 is 5.80. The molecule has 2 rings (SSSR count). The van der Waals surface area contributed by atoms with Crippen LogP contribution in [0.1, 0.15) is 12.5 Å². The van der Waals surface area contributed by atoms with Crippen molar-refractivity contribution in [3.8, 4) is 17.0 Å². The second-order valence-electron chi connectivity index (χ2n) is 3.64. The van der Waals surface area contributed by atoms with Gasteiger partial charge in [0.1, 0.15) is 5.75 Å². The molecule has 0 fully saturated rings. The van der Waals surface area contributed by atoms with Crippen LogP contribution >= 0.6 is 11.6 Å². The van der Waals surface area contributed by atoms with Crippen molar-refractivity contribution in [3.05, 3.63) is 41.3 Å². The highest BCUT2D eigenvalue weighted by Crippen LogP contribution is 2.29. The third-order valence-corrected chi connectivity index (χ3v) is 2.52. The molecule has 0 unspecified atom stereocenters. The molecule has 0 aliphatic rings. The van der Waals surface area contributed by atoms with Gasteiger partial charge in [0.15, 0.2) is 0 Å². The van der Waals surface area contributed by atoms with Crippen LogP contribution in [0.3, 0.4) is 0 Å². The zero-order valence-electron chi connectivity index (χ0n) is 9.77. The van der Waals surface area contributed by atoms with Gasteiger partial charge in [0.2, 0.25) is 5.28 Å². The predicted octanol–water partition coefficient (Wildman–Crippen LogP) is 3.50. The van der Waals surface area contributed by atoms with E-state index < -0.39 is 0 Å². The Kier molecular flexibility index (Phi) is 3.59. The number of aromatic nitrogens is 2. The third kappa shape index (κ3) is 2.74. The van der Waals surface area contributed by atoms with E-state index in [1.807, 2.05) is 38.1 Å². The summed E-state index contributed by atoms with van der Waals surface area (Å²) in [6.45, 7) is 4.60. The molecule has 1 heterocycles. The Balaban J connectivity index is 2.52. The van der Waals surface area contributed by atoms with E-state index in [4.69, 9.17) is 16.3 Å². The van der Waals surface area contributed by atoms with Gasteiger partial charge >= 0.3 is 0 Å². The van der Waals surface area contributed by atoms with Gasteiger partial charge in [0.25, 0.3) is 0 Å². The molecule has 1 aromatic heterocycles. The van der Waals surface area contributed by atoms with Crippen molar-refractivity contribution in [3.63, 3.8) is 0 Å². The summed E-state index contributed by atoms with van der Waals surface area (Å²) in [5.74, 6) is 0.813. The topological polar surface area (TPSA) is 35.0 Å². The maximum Gasteiger partial charge on any atom is 0.222 e.